The van der Waals surface area contributed by atoms with Gasteiger partial charge in [0.1, 0.15) is 10.5 Å². The Balaban J connectivity index is 2.12. The van der Waals surface area contributed by atoms with Gasteiger partial charge in [-0.05, 0) is 18.2 Å². The van der Waals surface area contributed by atoms with Crippen molar-refractivity contribution in [2.75, 3.05) is 7.11 Å². The first-order chi connectivity index (χ1) is 10.4. The summed E-state index contributed by atoms with van der Waals surface area (Å²) in [5, 5.41) is 1.51. The molecular weight excluding hydrogens is 320 g/mol. The minimum Gasteiger partial charge on any atom is -0.494 e. The Labute approximate surface area is 126 Å². The average Bonchev–Trinajstić information content (AvgIpc) is 2.97. The Morgan fingerprint density at radius 1 is 1.09 bits per heavy atom. The average molecular weight is 328 g/mol. The number of rotatable bonds is 2. The third kappa shape index (κ3) is 2.50. The highest BCUT2D eigenvalue weighted by Gasteiger charge is 2.34. The van der Waals surface area contributed by atoms with E-state index in [9.17, 15) is 17.6 Å². The number of aromatic nitrogens is 2. The molecule has 0 N–H and O–H groups in total. The Morgan fingerprint density at radius 2 is 1.82 bits per heavy atom. The summed E-state index contributed by atoms with van der Waals surface area (Å²) in [4.78, 5) is 7.58. The van der Waals surface area contributed by atoms with Crippen LogP contribution in [0.25, 0.3) is 21.6 Å². The summed E-state index contributed by atoms with van der Waals surface area (Å²) in [5.41, 5.74) is -0.777. The van der Waals surface area contributed by atoms with Gasteiger partial charge in [0.2, 0.25) is 0 Å². The van der Waals surface area contributed by atoms with E-state index in [2.05, 4.69) is 9.97 Å². The molecule has 3 rings (SSSR count). The summed E-state index contributed by atoms with van der Waals surface area (Å²) < 4.78 is 56.8. The Morgan fingerprint density at radius 3 is 2.45 bits per heavy atom. The maximum Gasteiger partial charge on any atom is 0.434 e. The number of benzene rings is 1. The zero-order valence-electron chi connectivity index (χ0n) is 11.1. The highest BCUT2D eigenvalue weighted by atomic mass is 32.1. The van der Waals surface area contributed by atoms with Gasteiger partial charge in [0.25, 0.3) is 0 Å². The Kier molecular flexibility index (Phi) is 3.48. The normalized spacial score (nSPS) is 11.9. The van der Waals surface area contributed by atoms with E-state index in [1.165, 1.54) is 19.2 Å². The van der Waals surface area contributed by atoms with Crippen molar-refractivity contribution >= 4 is 22.2 Å². The van der Waals surface area contributed by atoms with Gasteiger partial charge < -0.3 is 4.74 Å². The standard InChI is InChI=1S/C14H8F4N2OS/c1-21-9-5-3-7-2-4-8(19-12(7)11(9)15)13-20-10(6-22-13)14(16,17)18/h2-6H,1H3. The molecule has 2 heterocycles. The van der Waals surface area contributed by atoms with Gasteiger partial charge in [-0.2, -0.15) is 13.2 Å². The van der Waals surface area contributed by atoms with Crippen molar-refractivity contribution in [1.29, 1.82) is 0 Å². The number of fused-ring (bicyclic) bond motifs is 1. The van der Waals surface area contributed by atoms with Crippen LogP contribution in [-0.2, 0) is 6.18 Å². The molecule has 0 atom stereocenters. The van der Waals surface area contributed by atoms with Gasteiger partial charge in [0.15, 0.2) is 17.3 Å². The van der Waals surface area contributed by atoms with Crippen LogP contribution in [0.5, 0.6) is 5.75 Å². The number of alkyl halides is 3. The molecule has 0 aliphatic carbocycles. The second-order valence-corrected chi connectivity index (χ2v) is 5.24. The fourth-order valence-electron chi connectivity index (χ4n) is 1.93. The third-order valence-electron chi connectivity index (χ3n) is 3.00. The van der Waals surface area contributed by atoms with E-state index in [1.807, 2.05) is 0 Å². The number of hydrogen-bond donors (Lipinski definition) is 0. The number of ether oxygens (including phenoxy) is 1. The molecule has 0 radical (unpaired) electrons. The zero-order chi connectivity index (χ0) is 15.9. The molecular formula is C14H8F4N2OS. The minimum absolute atomic E-state index is 0.0206. The van der Waals surface area contributed by atoms with Crippen LogP contribution in [0.15, 0.2) is 29.6 Å². The van der Waals surface area contributed by atoms with Gasteiger partial charge >= 0.3 is 6.18 Å². The summed E-state index contributed by atoms with van der Waals surface area (Å²) in [6, 6.07) is 6.17. The van der Waals surface area contributed by atoms with Crippen LogP contribution >= 0.6 is 11.3 Å². The summed E-state index contributed by atoms with van der Waals surface area (Å²) in [5.74, 6) is -0.637. The van der Waals surface area contributed by atoms with Crippen molar-refractivity contribution in [2.24, 2.45) is 0 Å². The van der Waals surface area contributed by atoms with Gasteiger partial charge in [-0.25, -0.2) is 14.4 Å². The smallest absolute Gasteiger partial charge is 0.434 e. The number of halogens is 4. The molecule has 0 aliphatic heterocycles. The molecule has 0 amide bonds. The van der Waals surface area contributed by atoms with Crippen molar-refractivity contribution in [3.05, 3.63) is 41.2 Å². The Hall–Kier alpha value is -2.22. The minimum atomic E-state index is -4.51. The molecule has 8 heteroatoms. The van der Waals surface area contributed by atoms with E-state index in [0.717, 1.165) is 16.7 Å². The van der Waals surface area contributed by atoms with E-state index in [-0.39, 0.29) is 22.0 Å². The van der Waals surface area contributed by atoms with Crippen molar-refractivity contribution < 1.29 is 22.3 Å². The van der Waals surface area contributed by atoms with Crippen LogP contribution in [0.2, 0.25) is 0 Å². The maximum absolute atomic E-state index is 14.2. The van der Waals surface area contributed by atoms with Gasteiger partial charge in [-0.1, -0.05) is 6.07 Å². The van der Waals surface area contributed by atoms with E-state index in [0.29, 0.717) is 5.39 Å². The van der Waals surface area contributed by atoms with Crippen molar-refractivity contribution in [3.8, 4) is 16.5 Å². The van der Waals surface area contributed by atoms with E-state index >= 15 is 0 Å². The number of methoxy groups -OCH3 is 1. The number of hydrogen-bond acceptors (Lipinski definition) is 4. The van der Waals surface area contributed by atoms with Crippen LogP contribution < -0.4 is 4.74 Å². The van der Waals surface area contributed by atoms with Crippen LogP contribution in [0.3, 0.4) is 0 Å². The van der Waals surface area contributed by atoms with Gasteiger partial charge in [0, 0.05) is 10.8 Å². The first-order valence-electron chi connectivity index (χ1n) is 6.06. The van der Waals surface area contributed by atoms with Gasteiger partial charge in [-0.3, -0.25) is 0 Å². The lowest BCUT2D eigenvalue weighted by Crippen LogP contribution is -2.04. The van der Waals surface area contributed by atoms with Crippen LogP contribution in [0.1, 0.15) is 5.69 Å². The molecule has 0 saturated carbocycles. The molecule has 3 nitrogen and oxygen atoms in total. The van der Waals surface area contributed by atoms with Crippen LogP contribution in [0, 0.1) is 5.82 Å². The fourth-order valence-corrected chi connectivity index (χ4v) is 2.73. The first-order valence-corrected chi connectivity index (χ1v) is 6.94. The maximum atomic E-state index is 14.2. The van der Waals surface area contributed by atoms with Crippen molar-refractivity contribution in [2.45, 2.75) is 6.18 Å². The van der Waals surface area contributed by atoms with Crippen LogP contribution in [-0.4, -0.2) is 17.1 Å². The zero-order valence-corrected chi connectivity index (χ0v) is 11.9. The molecule has 0 spiro atoms. The predicted octanol–water partition coefficient (Wildman–Crippen LogP) is 4.52. The molecule has 0 saturated heterocycles. The third-order valence-corrected chi connectivity index (χ3v) is 3.86. The molecule has 0 fully saturated rings. The van der Waals surface area contributed by atoms with Gasteiger partial charge in [0.05, 0.1) is 12.8 Å². The fraction of sp³-hybridized carbons (Fsp3) is 0.143. The van der Waals surface area contributed by atoms with E-state index in [1.54, 1.807) is 12.1 Å². The molecule has 0 unspecified atom stereocenters. The van der Waals surface area contributed by atoms with E-state index < -0.39 is 17.7 Å². The second-order valence-electron chi connectivity index (χ2n) is 4.39. The summed E-state index contributed by atoms with van der Waals surface area (Å²) in [7, 11) is 1.32. The summed E-state index contributed by atoms with van der Waals surface area (Å²) in [6.07, 6.45) is -4.51. The monoisotopic (exact) mass is 328 g/mol. The van der Waals surface area contributed by atoms with Gasteiger partial charge in [-0.15, -0.1) is 11.3 Å². The Bertz CT molecular complexity index is 844. The quantitative estimate of drug-likeness (QED) is 0.649. The first kappa shape index (κ1) is 14.7. The van der Waals surface area contributed by atoms with Crippen LogP contribution in [0.4, 0.5) is 17.6 Å². The van der Waals surface area contributed by atoms with Crippen molar-refractivity contribution in [1.82, 2.24) is 9.97 Å². The molecule has 0 bridgehead atoms. The lowest BCUT2D eigenvalue weighted by Gasteiger charge is -2.06. The highest BCUT2D eigenvalue weighted by molar-refractivity contribution is 7.13. The number of pyridine rings is 1. The molecule has 114 valence electrons. The lowest BCUT2D eigenvalue weighted by molar-refractivity contribution is -0.140. The van der Waals surface area contributed by atoms with E-state index in [4.69, 9.17) is 4.74 Å². The highest BCUT2D eigenvalue weighted by Crippen LogP contribution is 2.34. The molecule has 22 heavy (non-hydrogen) atoms. The number of nitrogens with zero attached hydrogens (tertiary/aromatic N) is 2. The van der Waals surface area contributed by atoms with Crippen molar-refractivity contribution in [3.63, 3.8) is 0 Å². The topological polar surface area (TPSA) is 35.0 Å². The summed E-state index contributed by atoms with van der Waals surface area (Å²) >= 11 is 0.807. The molecule has 2 aromatic heterocycles. The molecule has 1 aromatic carbocycles. The molecule has 0 aliphatic rings. The largest absolute Gasteiger partial charge is 0.494 e. The lowest BCUT2D eigenvalue weighted by atomic mass is 10.2. The predicted molar refractivity (Wildman–Crippen MR) is 74.4 cm³/mol. The SMILES string of the molecule is COc1ccc2ccc(-c3nc(C(F)(F)F)cs3)nc2c1F. The number of thiazole rings is 1. The summed E-state index contributed by atoms with van der Waals surface area (Å²) in [6.45, 7) is 0. The molecule has 3 aromatic rings. The second kappa shape index (κ2) is 5.20.